The molecule has 0 amide bonds. The Hall–Kier alpha value is -1.25. The summed E-state index contributed by atoms with van der Waals surface area (Å²) in [5, 5.41) is 0.555. The van der Waals surface area contributed by atoms with E-state index in [9.17, 15) is 4.79 Å². The van der Waals surface area contributed by atoms with Crippen LogP contribution in [-0.4, -0.2) is 5.78 Å². The lowest BCUT2D eigenvalue weighted by molar-refractivity contribution is 0.103. The van der Waals surface area contributed by atoms with E-state index < -0.39 is 0 Å². The van der Waals surface area contributed by atoms with Gasteiger partial charge in [0, 0.05) is 16.2 Å². The smallest absolute Gasteiger partial charge is 0.195 e. The molecule has 0 spiro atoms. The first-order valence-electron chi connectivity index (χ1n) is 5.72. The fraction of sp³-hybridized carbons (Fsp3) is 0.133. The van der Waals surface area contributed by atoms with Crippen LogP contribution in [0.1, 0.15) is 27.0 Å². The van der Waals surface area contributed by atoms with E-state index in [-0.39, 0.29) is 5.78 Å². The maximum atomic E-state index is 12.6. The average molecular weight is 275 g/mol. The lowest BCUT2D eigenvalue weighted by atomic mass is 9.98. The lowest BCUT2D eigenvalue weighted by Crippen LogP contribution is -2.04. The van der Waals surface area contributed by atoms with Crippen molar-refractivity contribution in [3.63, 3.8) is 0 Å². The number of hydrogen-bond donors (Lipinski definition) is 0. The topological polar surface area (TPSA) is 17.1 Å². The predicted octanol–water partition coefficient (Wildman–Crippen LogP) is 4.49. The number of fused-ring (bicyclic) bond motifs is 2. The van der Waals surface area contributed by atoms with Gasteiger partial charge in [-0.2, -0.15) is 0 Å². The van der Waals surface area contributed by atoms with E-state index >= 15 is 0 Å². The molecule has 0 N–H and O–H groups in total. The third-order valence-corrected chi connectivity index (χ3v) is 4.46. The van der Waals surface area contributed by atoms with Gasteiger partial charge in [0.05, 0.1) is 10.6 Å². The first kappa shape index (κ1) is 11.8. The minimum absolute atomic E-state index is 0.0376. The number of aryl methyl sites for hydroxylation is 1. The zero-order valence-electron chi connectivity index (χ0n) is 9.87. The van der Waals surface area contributed by atoms with Gasteiger partial charge in [0.2, 0.25) is 0 Å². The lowest BCUT2D eigenvalue weighted by Gasteiger charge is -2.08. The number of rotatable bonds is 0. The monoisotopic (exact) mass is 274 g/mol. The maximum Gasteiger partial charge on any atom is 0.195 e. The molecular weight excluding hydrogens is 264 g/mol. The van der Waals surface area contributed by atoms with Crippen molar-refractivity contribution < 1.29 is 4.79 Å². The van der Waals surface area contributed by atoms with Crippen LogP contribution in [0.25, 0.3) is 0 Å². The molecule has 1 aliphatic heterocycles. The Kier molecular flexibility index (Phi) is 2.92. The molecule has 90 valence electrons. The van der Waals surface area contributed by atoms with Crippen LogP contribution in [0.15, 0.2) is 41.3 Å². The quantitative estimate of drug-likeness (QED) is 0.704. The number of hydrogen-bond acceptors (Lipinski definition) is 2. The third-order valence-electron chi connectivity index (χ3n) is 3.07. The summed E-state index contributed by atoms with van der Waals surface area (Å²) in [5.74, 6) is 0.852. The molecule has 2 aromatic carbocycles. The Morgan fingerprint density at radius 2 is 2.00 bits per heavy atom. The van der Waals surface area contributed by atoms with Crippen LogP contribution >= 0.6 is 23.4 Å². The molecule has 0 atom stereocenters. The minimum Gasteiger partial charge on any atom is -0.289 e. The van der Waals surface area contributed by atoms with Crippen molar-refractivity contribution in [2.75, 3.05) is 0 Å². The minimum atomic E-state index is 0.0376. The largest absolute Gasteiger partial charge is 0.289 e. The first-order chi connectivity index (χ1) is 8.66. The Balaban J connectivity index is 2.25. The Morgan fingerprint density at radius 3 is 2.83 bits per heavy atom. The second-order valence-electron chi connectivity index (χ2n) is 4.39. The number of carbonyl (C=O) groups excluding carboxylic acids is 1. The standard InChI is InChI=1S/C15H11ClOS/c1-9-6-12(16)14-13(7-9)18-8-10-4-2-3-5-11(10)15(14)17/h2-7H,8H2,1H3. The van der Waals surface area contributed by atoms with E-state index in [0.29, 0.717) is 10.6 Å². The molecule has 0 saturated heterocycles. The van der Waals surface area contributed by atoms with Gasteiger partial charge in [-0.15, -0.1) is 11.8 Å². The van der Waals surface area contributed by atoms with Gasteiger partial charge in [-0.25, -0.2) is 0 Å². The Morgan fingerprint density at radius 1 is 1.22 bits per heavy atom. The van der Waals surface area contributed by atoms with E-state index in [1.807, 2.05) is 43.3 Å². The van der Waals surface area contributed by atoms with Crippen LogP contribution in [0, 0.1) is 6.92 Å². The summed E-state index contributed by atoms with van der Waals surface area (Å²) in [7, 11) is 0. The van der Waals surface area contributed by atoms with Crippen molar-refractivity contribution >= 4 is 29.1 Å². The molecule has 0 aliphatic carbocycles. The summed E-state index contributed by atoms with van der Waals surface area (Å²) in [5.41, 5.74) is 3.59. The highest BCUT2D eigenvalue weighted by atomic mass is 35.5. The van der Waals surface area contributed by atoms with Gasteiger partial charge in [-0.1, -0.05) is 35.9 Å². The van der Waals surface area contributed by atoms with E-state index in [2.05, 4.69) is 0 Å². The molecule has 0 aromatic heterocycles. The van der Waals surface area contributed by atoms with Crippen molar-refractivity contribution in [3.8, 4) is 0 Å². The van der Waals surface area contributed by atoms with E-state index in [1.54, 1.807) is 11.8 Å². The molecule has 1 aliphatic rings. The predicted molar refractivity (Wildman–Crippen MR) is 75.6 cm³/mol. The van der Waals surface area contributed by atoms with Crippen LogP contribution in [0.3, 0.4) is 0 Å². The fourth-order valence-electron chi connectivity index (χ4n) is 2.20. The summed E-state index contributed by atoms with van der Waals surface area (Å²) in [6.07, 6.45) is 0. The summed E-state index contributed by atoms with van der Waals surface area (Å²) in [6.45, 7) is 2.00. The van der Waals surface area contributed by atoms with Gasteiger partial charge >= 0.3 is 0 Å². The molecule has 1 heterocycles. The van der Waals surface area contributed by atoms with Gasteiger partial charge in [0.15, 0.2) is 5.78 Å². The fourth-order valence-corrected chi connectivity index (χ4v) is 3.80. The second-order valence-corrected chi connectivity index (χ2v) is 5.82. The van der Waals surface area contributed by atoms with Gasteiger partial charge < -0.3 is 0 Å². The molecule has 0 unspecified atom stereocenters. The van der Waals surface area contributed by atoms with Crippen LogP contribution in [0.5, 0.6) is 0 Å². The van der Waals surface area contributed by atoms with Crippen LogP contribution in [-0.2, 0) is 5.75 Å². The molecule has 0 bridgehead atoms. The van der Waals surface area contributed by atoms with Crippen molar-refractivity contribution in [3.05, 3.63) is 63.7 Å². The number of carbonyl (C=O) groups is 1. The number of ketones is 1. The van der Waals surface area contributed by atoms with Gasteiger partial charge in [-0.05, 0) is 30.2 Å². The molecule has 3 heteroatoms. The third kappa shape index (κ3) is 1.86. The summed E-state index contributed by atoms with van der Waals surface area (Å²) >= 11 is 7.93. The van der Waals surface area contributed by atoms with Crippen molar-refractivity contribution in [2.45, 2.75) is 17.6 Å². The average Bonchev–Trinajstić information content (AvgIpc) is 2.48. The summed E-state index contributed by atoms with van der Waals surface area (Å²) in [6, 6.07) is 11.6. The molecule has 0 fully saturated rings. The van der Waals surface area contributed by atoms with Crippen LogP contribution in [0.2, 0.25) is 5.02 Å². The SMILES string of the molecule is Cc1cc(Cl)c2c(c1)SCc1ccccc1C2=O. The highest BCUT2D eigenvalue weighted by Crippen LogP contribution is 2.37. The van der Waals surface area contributed by atoms with Gasteiger partial charge in [-0.3, -0.25) is 4.79 Å². The first-order valence-corrected chi connectivity index (χ1v) is 7.09. The highest BCUT2D eigenvalue weighted by Gasteiger charge is 2.23. The number of thioether (sulfide) groups is 1. The van der Waals surface area contributed by atoms with Gasteiger partial charge in [0.1, 0.15) is 0 Å². The van der Waals surface area contributed by atoms with Crippen LogP contribution < -0.4 is 0 Å². The van der Waals surface area contributed by atoms with E-state index in [0.717, 1.165) is 27.3 Å². The Labute approximate surface area is 115 Å². The van der Waals surface area contributed by atoms with Gasteiger partial charge in [0.25, 0.3) is 0 Å². The number of benzene rings is 2. The molecule has 2 aromatic rings. The van der Waals surface area contributed by atoms with Crippen molar-refractivity contribution in [2.24, 2.45) is 0 Å². The van der Waals surface area contributed by atoms with Crippen molar-refractivity contribution in [1.82, 2.24) is 0 Å². The summed E-state index contributed by atoms with van der Waals surface area (Å²) in [4.78, 5) is 13.5. The maximum absolute atomic E-state index is 12.6. The molecular formula is C15H11ClOS. The van der Waals surface area contributed by atoms with E-state index in [4.69, 9.17) is 11.6 Å². The normalized spacial score (nSPS) is 13.8. The molecule has 18 heavy (non-hydrogen) atoms. The number of halogens is 1. The zero-order chi connectivity index (χ0) is 12.7. The second kappa shape index (κ2) is 4.45. The van der Waals surface area contributed by atoms with E-state index in [1.165, 1.54) is 0 Å². The summed E-state index contributed by atoms with van der Waals surface area (Å²) < 4.78 is 0. The van der Waals surface area contributed by atoms with Crippen molar-refractivity contribution in [1.29, 1.82) is 0 Å². The molecule has 0 radical (unpaired) electrons. The molecule has 1 nitrogen and oxygen atoms in total. The Bertz CT molecular complexity index is 649. The highest BCUT2D eigenvalue weighted by molar-refractivity contribution is 7.98. The van der Waals surface area contributed by atoms with Crippen LogP contribution in [0.4, 0.5) is 0 Å². The molecule has 3 rings (SSSR count). The molecule has 0 saturated carbocycles. The zero-order valence-corrected chi connectivity index (χ0v) is 11.4.